The minimum absolute atomic E-state index is 0.0427. The highest BCUT2D eigenvalue weighted by Gasteiger charge is 2.18. The van der Waals surface area contributed by atoms with Crippen LogP contribution in [0.2, 0.25) is 0 Å². The van der Waals surface area contributed by atoms with Crippen LogP contribution in [0.15, 0.2) is 24.3 Å². The summed E-state index contributed by atoms with van der Waals surface area (Å²) in [5, 5.41) is 8.56. The highest BCUT2D eigenvalue weighted by atomic mass is 19.1. The number of rotatable bonds is 4. The first-order chi connectivity index (χ1) is 9.54. The molecule has 2 rings (SSSR count). The van der Waals surface area contributed by atoms with Crippen molar-refractivity contribution in [2.75, 3.05) is 19.8 Å². The first-order valence-electron chi connectivity index (χ1n) is 6.10. The number of carboxylic acid groups (broad SMARTS) is 1. The van der Waals surface area contributed by atoms with Gasteiger partial charge in [-0.25, -0.2) is 9.18 Å². The summed E-state index contributed by atoms with van der Waals surface area (Å²) < 4.78 is 18.5. The molecular weight excluding hydrogens is 265 g/mol. The topological polar surface area (TPSA) is 66.8 Å². The van der Waals surface area contributed by atoms with Gasteiger partial charge in [-0.15, -0.1) is 0 Å². The summed E-state index contributed by atoms with van der Waals surface area (Å²) in [5.74, 6) is -1.70. The summed E-state index contributed by atoms with van der Waals surface area (Å²) >= 11 is 0. The number of aliphatic carboxylic acids is 1. The molecule has 20 heavy (non-hydrogen) atoms. The van der Waals surface area contributed by atoms with Crippen LogP contribution in [0.4, 0.5) is 4.39 Å². The lowest BCUT2D eigenvalue weighted by Gasteiger charge is -2.26. The summed E-state index contributed by atoms with van der Waals surface area (Å²) in [5.41, 5.74) is 1.06. The Balaban J connectivity index is 2.15. The number of carboxylic acids is 1. The molecule has 0 radical (unpaired) electrons. The van der Waals surface area contributed by atoms with E-state index in [1.807, 2.05) is 0 Å². The molecule has 1 heterocycles. The van der Waals surface area contributed by atoms with Crippen LogP contribution in [0.5, 0.6) is 0 Å². The number of hydrogen-bond donors (Lipinski definition) is 1. The molecule has 1 aliphatic heterocycles. The first-order valence-corrected chi connectivity index (χ1v) is 6.10. The van der Waals surface area contributed by atoms with Crippen LogP contribution < -0.4 is 0 Å². The quantitative estimate of drug-likeness (QED) is 0.843. The molecule has 1 aliphatic rings. The Morgan fingerprint density at radius 2 is 2.25 bits per heavy atom. The van der Waals surface area contributed by atoms with Crippen molar-refractivity contribution in [3.05, 3.63) is 41.2 Å². The fourth-order valence-corrected chi connectivity index (χ4v) is 1.97. The third-order valence-electron chi connectivity index (χ3n) is 2.86. The summed E-state index contributed by atoms with van der Waals surface area (Å²) in [6.07, 6.45) is 2.26. The van der Waals surface area contributed by atoms with Gasteiger partial charge in [0, 0.05) is 19.2 Å². The van der Waals surface area contributed by atoms with Gasteiger partial charge in [0.25, 0.3) is 0 Å². The maximum atomic E-state index is 13.5. The molecule has 0 bridgehead atoms. The second-order valence-corrected chi connectivity index (χ2v) is 4.43. The normalized spacial score (nSPS) is 15.8. The Labute approximate surface area is 115 Å². The summed E-state index contributed by atoms with van der Waals surface area (Å²) in [7, 11) is 0. The van der Waals surface area contributed by atoms with E-state index in [-0.39, 0.29) is 19.1 Å². The van der Waals surface area contributed by atoms with Crippen molar-refractivity contribution in [1.82, 2.24) is 4.90 Å². The minimum Gasteiger partial charge on any atom is -0.478 e. The average molecular weight is 279 g/mol. The molecule has 1 aromatic carbocycles. The molecule has 0 atom stereocenters. The van der Waals surface area contributed by atoms with E-state index in [1.54, 1.807) is 11.0 Å². The Hall–Kier alpha value is -2.21. The van der Waals surface area contributed by atoms with Crippen LogP contribution in [0.1, 0.15) is 11.1 Å². The van der Waals surface area contributed by atoms with Crippen LogP contribution in [0, 0.1) is 5.82 Å². The first kappa shape index (κ1) is 14.2. The van der Waals surface area contributed by atoms with E-state index in [4.69, 9.17) is 9.84 Å². The molecule has 0 aromatic heterocycles. The smallest absolute Gasteiger partial charge is 0.328 e. The molecule has 5 nitrogen and oxygen atoms in total. The number of morpholine rings is 1. The molecule has 0 unspecified atom stereocenters. The number of carbonyl (C=O) groups excluding carboxylic acids is 1. The fraction of sp³-hybridized carbons (Fsp3) is 0.286. The number of amides is 1. The summed E-state index contributed by atoms with van der Waals surface area (Å²) in [6.45, 7) is 1.26. The lowest BCUT2D eigenvalue weighted by Crippen LogP contribution is -2.40. The largest absolute Gasteiger partial charge is 0.478 e. The molecule has 0 spiro atoms. The molecule has 1 aromatic rings. The monoisotopic (exact) mass is 279 g/mol. The number of halogens is 1. The zero-order chi connectivity index (χ0) is 14.5. The van der Waals surface area contributed by atoms with Gasteiger partial charge in [-0.2, -0.15) is 0 Å². The van der Waals surface area contributed by atoms with Gasteiger partial charge >= 0.3 is 5.97 Å². The lowest BCUT2D eigenvalue weighted by atomic mass is 10.1. The number of ether oxygens (including phenoxy) is 1. The number of carbonyl (C=O) groups is 2. The Morgan fingerprint density at radius 3 is 2.95 bits per heavy atom. The SMILES string of the molecule is O=C(O)C=Cc1cc(F)cc(CN2CCOCC2=O)c1. The van der Waals surface area contributed by atoms with E-state index in [9.17, 15) is 14.0 Å². The average Bonchev–Trinajstić information content (AvgIpc) is 2.38. The Bertz CT molecular complexity index is 556. The van der Waals surface area contributed by atoms with Gasteiger partial charge < -0.3 is 14.7 Å². The van der Waals surface area contributed by atoms with Gasteiger partial charge in [-0.3, -0.25) is 4.79 Å². The zero-order valence-corrected chi connectivity index (χ0v) is 10.7. The third kappa shape index (κ3) is 3.89. The molecule has 1 amide bonds. The molecule has 6 heteroatoms. The predicted octanol–water partition coefficient (Wildman–Crippen LogP) is 1.28. The fourth-order valence-electron chi connectivity index (χ4n) is 1.97. The van der Waals surface area contributed by atoms with E-state index in [1.165, 1.54) is 18.2 Å². The van der Waals surface area contributed by atoms with E-state index in [0.717, 1.165) is 6.08 Å². The van der Waals surface area contributed by atoms with Crippen molar-refractivity contribution >= 4 is 18.0 Å². The lowest BCUT2D eigenvalue weighted by molar-refractivity contribution is -0.143. The van der Waals surface area contributed by atoms with Crippen molar-refractivity contribution in [3.63, 3.8) is 0 Å². The molecule has 106 valence electrons. The zero-order valence-electron chi connectivity index (χ0n) is 10.7. The highest BCUT2D eigenvalue weighted by molar-refractivity contribution is 5.85. The van der Waals surface area contributed by atoms with Gasteiger partial charge in [0.2, 0.25) is 5.91 Å². The van der Waals surface area contributed by atoms with Crippen molar-refractivity contribution in [2.45, 2.75) is 6.54 Å². The van der Waals surface area contributed by atoms with E-state index < -0.39 is 11.8 Å². The van der Waals surface area contributed by atoms with Crippen molar-refractivity contribution < 1.29 is 23.8 Å². The van der Waals surface area contributed by atoms with Gasteiger partial charge in [-0.05, 0) is 35.4 Å². The second-order valence-electron chi connectivity index (χ2n) is 4.43. The van der Waals surface area contributed by atoms with E-state index in [2.05, 4.69) is 0 Å². The van der Waals surface area contributed by atoms with Gasteiger partial charge in [0.1, 0.15) is 12.4 Å². The van der Waals surface area contributed by atoms with Crippen LogP contribution in [0.3, 0.4) is 0 Å². The van der Waals surface area contributed by atoms with E-state index >= 15 is 0 Å². The molecule has 0 saturated carbocycles. The molecule has 0 aliphatic carbocycles. The minimum atomic E-state index is -1.10. The summed E-state index contributed by atoms with van der Waals surface area (Å²) in [4.78, 5) is 23.6. The highest BCUT2D eigenvalue weighted by Crippen LogP contribution is 2.14. The standard InChI is InChI=1S/C14H14FNO4/c15-12-6-10(1-2-14(18)19)5-11(7-12)8-16-3-4-20-9-13(16)17/h1-2,5-7H,3-4,8-9H2,(H,18,19). The van der Waals surface area contributed by atoms with Crippen molar-refractivity contribution in [2.24, 2.45) is 0 Å². The number of hydrogen-bond acceptors (Lipinski definition) is 3. The maximum Gasteiger partial charge on any atom is 0.328 e. The van der Waals surface area contributed by atoms with Crippen LogP contribution in [-0.2, 0) is 20.9 Å². The van der Waals surface area contributed by atoms with Gasteiger partial charge in [0.15, 0.2) is 0 Å². The van der Waals surface area contributed by atoms with Crippen LogP contribution in [0.25, 0.3) is 6.08 Å². The predicted molar refractivity (Wildman–Crippen MR) is 69.3 cm³/mol. The molecular formula is C14H14FNO4. The second kappa shape index (κ2) is 6.29. The number of benzene rings is 1. The maximum absolute atomic E-state index is 13.5. The van der Waals surface area contributed by atoms with Crippen molar-refractivity contribution in [3.8, 4) is 0 Å². The van der Waals surface area contributed by atoms with Crippen LogP contribution in [-0.4, -0.2) is 41.6 Å². The Kier molecular flexibility index (Phi) is 4.47. The van der Waals surface area contributed by atoms with Gasteiger partial charge in [0.05, 0.1) is 6.61 Å². The molecule has 1 saturated heterocycles. The Morgan fingerprint density at radius 1 is 1.45 bits per heavy atom. The van der Waals surface area contributed by atoms with Crippen LogP contribution >= 0.6 is 0 Å². The third-order valence-corrected chi connectivity index (χ3v) is 2.86. The molecule has 1 fully saturated rings. The summed E-state index contributed by atoms with van der Waals surface area (Å²) in [6, 6.07) is 4.23. The van der Waals surface area contributed by atoms with Crippen molar-refractivity contribution in [1.29, 1.82) is 0 Å². The molecule has 1 N–H and O–H groups in total. The number of nitrogens with zero attached hydrogens (tertiary/aromatic N) is 1. The van der Waals surface area contributed by atoms with E-state index in [0.29, 0.717) is 24.3 Å². The van der Waals surface area contributed by atoms with Gasteiger partial charge in [-0.1, -0.05) is 0 Å².